The average molecular weight is 416 g/mol. The van der Waals surface area contributed by atoms with Crippen molar-refractivity contribution >= 4 is 23.5 Å². The SMILES string of the molecule is [2H][C@](C)(Nc1nc(N[C@H](C)C(F)(F)F)nc(-c2cccc(Cl)n2)n1)C(F)(F)F. The molecule has 2 atom stereocenters. The number of nitrogens with zero attached hydrogens (tertiary/aromatic N) is 4. The minimum Gasteiger partial charge on any atom is -0.343 e. The summed E-state index contributed by atoms with van der Waals surface area (Å²) >= 11 is 5.74. The van der Waals surface area contributed by atoms with Gasteiger partial charge in [0.2, 0.25) is 11.9 Å². The lowest BCUT2D eigenvalue weighted by Gasteiger charge is -2.20. The Morgan fingerprint density at radius 3 is 2.04 bits per heavy atom. The van der Waals surface area contributed by atoms with Crippen LogP contribution in [-0.2, 0) is 0 Å². The summed E-state index contributed by atoms with van der Waals surface area (Å²) in [5.74, 6) is -1.76. The molecule has 148 valence electrons. The third-order valence-electron chi connectivity index (χ3n) is 3.14. The molecular weight excluding hydrogens is 402 g/mol. The van der Waals surface area contributed by atoms with E-state index in [1.165, 1.54) is 18.2 Å². The maximum atomic E-state index is 12.9. The number of hydrogen-bond acceptors (Lipinski definition) is 6. The minimum atomic E-state index is -5.01. The zero-order valence-electron chi connectivity index (χ0n) is 14.7. The van der Waals surface area contributed by atoms with Gasteiger partial charge in [0.15, 0.2) is 5.82 Å². The van der Waals surface area contributed by atoms with Crippen LogP contribution in [-0.4, -0.2) is 44.3 Å². The van der Waals surface area contributed by atoms with E-state index in [-0.39, 0.29) is 16.7 Å². The summed E-state index contributed by atoms with van der Waals surface area (Å²) in [6.45, 7) is 1.28. The first-order valence-corrected chi connectivity index (χ1v) is 7.64. The summed E-state index contributed by atoms with van der Waals surface area (Å²) in [5.41, 5.74) is -0.0145. The highest BCUT2D eigenvalue weighted by atomic mass is 35.5. The lowest BCUT2D eigenvalue weighted by atomic mass is 10.3. The van der Waals surface area contributed by atoms with E-state index in [4.69, 9.17) is 13.0 Å². The van der Waals surface area contributed by atoms with Crippen LogP contribution >= 0.6 is 11.6 Å². The predicted octanol–water partition coefficient (Wildman–Crippen LogP) is 4.31. The summed E-state index contributed by atoms with van der Waals surface area (Å²) in [6.07, 6.45) is -9.68. The topological polar surface area (TPSA) is 75.6 Å². The van der Waals surface area contributed by atoms with Gasteiger partial charge in [-0.1, -0.05) is 17.7 Å². The molecule has 2 aromatic heterocycles. The van der Waals surface area contributed by atoms with Crippen molar-refractivity contribution in [3.63, 3.8) is 0 Å². The molecule has 2 heterocycles. The Balaban J connectivity index is 2.49. The van der Waals surface area contributed by atoms with Crippen LogP contribution in [0, 0.1) is 0 Å². The second-order valence-corrected chi connectivity index (χ2v) is 5.69. The number of hydrogen-bond donors (Lipinski definition) is 2. The molecule has 2 aromatic rings. The number of anilines is 2. The maximum Gasteiger partial charge on any atom is 0.408 e. The van der Waals surface area contributed by atoms with Crippen molar-refractivity contribution in [2.24, 2.45) is 0 Å². The summed E-state index contributed by atoms with van der Waals surface area (Å²) in [5, 5.41) is 3.68. The van der Waals surface area contributed by atoms with E-state index in [9.17, 15) is 26.3 Å². The van der Waals surface area contributed by atoms with E-state index in [2.05, 4.69) is 19.9 Å². The van der Waals surface area contributed by atoms with Crippen molar-refractivity contribution in [2.75, 3.05) is 10.6 Å². The van der Waals surface area contributed by atoms with E-state index < -0.39 is 36.3 Å². The first-order chi connectivity index (χ1) is 12.7. The van der Waals surface area contributed by atoms with Gasteiger partial charge in [-0.25, -0.2) is 4.98 Å². The molecule has 0 unspecified atom stereocenters. The molecule has 0 aromatic carbocycles. The fourth-order valence-corrected chi connectivity index (χ4v) is 1.82. The normalized spacial score (nSPS) is 16.3. The van der Waals surface area contributed by atoms with Gasteiger partial charge in [0.1, 0.15) is 22.9 Å². The van der Waals surface area contributed by atoms with E-state index in [1.54, 1.807) is 5.32 Å². The molecule has 0 saturated carbocycles. The molecular formula is C14H13ClF6N6. The lowest BCUT2D eigenvalue weighted by molar-refractivity contribution is -0.139. The first kappa shape index (κ1) is 19.4. The van der Waals surface area contributed by atoms with Gasteiger partial charge in [-0.2, -0.15) is 41.3 Å². The van der Waals surface area contributed by atoms with Crippen molar-refractivity contribution in [3.8, 4) is 11.5 Å². The average Bonchev–Trinajstić information content (AvgIpc) is 2.52. The van der Waals surface area contributed by atoms with Crippen molar-refractivity contribution < 1.29 is 27.7 Å². The number of pyridine rings is 1. The van der Waals surface area contributed by atoms with Gasteiger partial charge in [-0.3, -0.25) is 0 Å². The Bertz CT molecular complexity index is 844. The van der Waals surface area contributed by atoms with Crippen LogP contribution in [0.5, 0.6) is 0 Å². The Morgan fingerprint density at radius 1 is 0.926 bits per heavy atom. The predicted molar refractivity (Wildman–Crippen MR) is 86.3 cm³/mol. The highest BCUT2D eigenvalue weighted by Crippen LogP contribution is 2.26. The maximum absolute atomic E-state index is 12.9. The molecule has 2 N–H and O–H groups in total. The molecule has 0 aliphatic rings. The number of halogens is 7. The molecule has 6 nitrogen and oxygen atoms in total. The van der Waals surface area contributed by atoms with Crippen molar-refractivity contribution in [1.82, 2.24) is 19.9 Å². The molecule has 0 radical (unpaired) electrons. The summed E-state index contributed by atoms with van der Waals surface area (Å²) in [7, 11) is 0. The Morgan fingerprint density at radius 2 is 1.52 bits per heavy atom. The molecule has 0 spiro atoms. The molecule has 13 heteroatoms. The smallest absolute Gasteiger partial charge is 0.343 e. The second kappa shape index (κ2) is 7.71. The van der Waals surface area contributed by atoms with Crippen LogP contribution in [0.25, 0.3) is 11.5 Å². The van der Waals surface area contributed by atoms with E-state index in [0.29, 0.717) is 6.92 Å². The van der Waals surface area contributed by atoms with Gasteiger partial charge < -0.3 is 10.6 Å². The number of aromatic nitrogens is 4. The van der Waals surface area contributed by atoms with Gasteiger partial charge in [-0.05, 0) is 26.0 Å². The van der Waals surface area contributed by atoms with Gasteiger partial charge in [0.05, 0.1) is 1.37 Å². The number of alkyl halides is 6. The van der Waals surface area contributed by atoms with Gasteiger partial charge in [-0.15, -0.1) is 0 Å². The second-order valence-electron chi connectivity index (χ2n) is 5.31. The van der Waals surface area contributed by atoms with E-state index >= 15 is 0 Å². The third kappa shape index (κ3) is 5.81. The van der Waals surface area contributed by atoms with Crippen LogP contribution < -0.4 is 10.6 Å². The van der Waals surface area contributed by atoms with E-state index in [0.717, 1.165) is 6.92 Å². The molecule has 2 rings (SSSR count). The molecule has 0 amide bonds. The quantitative estimate of drug-likeness (QED) is 0.560. The standard InChI is InChI=1S/C14H13ClF6N6/c1-6(13(16,17)18)22-11-25-10(8-4-3-5-9(15)24-8)26-12(27-11)23-7(2)14(19,20)21/h3-7H,1-2H3,(H2,22,23,25,26,27)/t6-,7-/m1/s1/i6D. The summed E-state index contributed by atoms with van der Waals surface area (Å²) in [6, 6.07) is -1.11. The Kier molecular flexibility index (Phi) is 5.53. The zero-order chi connectivity index (χ0) is 21.3. The molecule has 27 heavy (non-hydrogen) atoms. The lowest BCUT2D eigenvalue weighted by Crippen LogP contribution is -2.35. The van der Waals surface area contributed by atoms with Crippen LogP contribution in [0.3, 0.4) is 0 Å². The Hall–Kier alpha value is -2.37. The zero-order valence-corrected chi connectivity index (χ0v) is 14.5. The Labute approximate surface area is 155 Å². The van der Waals surface area contributed by atoms with Gasteiger partial charge >= 0.3 is 12.4 Å². The van der Waals surface area contributed by atoms with Crippen LogP contribution in [0.2, 0.25) is 5.15 Å². The van der Waals surface area contributed by atoms with E-state index in [1.807, 2.05) is 5.32 Å². The monoisotopic (exact) mass is 415 g/mol. The van der Waals surface area contributed by atoms with Crippen molar-refractivity contribution in [2.45, 2.75) is 38.3 Å². The molecule has 0 aliphatic carbocycles. The number of nitrogens with one attached hydrogen (secondary N) is 2. The highest BCUT2D eigenvalue weighted by molar-refractivity contribution is 6.29. The largest absolute Gasteiger partial charge is 0.408 e. The highest BCUT2D eigenvalue weighted by Gasteiger charge is 2.38. The van der Waals surface area contributed by atoms with Crippen molar-refractivity contribution in [3.05, 3.63) is 23.4 Å². The van der Waals surface area contributed by atoms with Gasteiger partial charge in [0, 0.05) is 0 Å². The van der Waals surface area contributed by atoms with Crippen LogP contribution in [0.4, 0.5) is 38.2 Å². The van der Waals surface area contributed by atoms with Crippen LogP contribution in [0.15, 0.2) is 18.2 Å². The van der Waals surface area contributed by atoms with Crippen LogP contribution in [0.1, 0.15) is 15.2 Å². The fourth-order valence-electron chi connectivity index (χ4n) is 1.66. The molecule has 0 bridgehead atoms. The minimum absolute atomic E-state index is 0.00575. The summed E-state index contributed by atoms with van der Waals surface area (Å²) < 4.78 is 84.5. The van der Waals surface area contributed by atoms with Crippen molar-refractivity contribution in [1.29, 1.82) is 0 Å². The van der Waals surface area contributed by atoms with Gasteiger partial charge in [0.25, 0.3) is 0 Å². The summed E-state index contributed by atoms with van der Waals surface area (Å²) in [4.78, 5) is 14.8. The fraction of sp³-hybridized carbons (Fsp3) is 0.429. The molecule has 0 aliphatic heterocycles. The number of rotatable bonds is 5. The molecule has 0 saturated heterocycles. The molecule has 0 fully saturated rings. The first-order valence-electron chi connectivity index (χ1n) is 7.76. The third-order valence-corrected chi connectivity index (χ3v) is 3.35.